The highest BCUT2D eigenvalue weighted by atomic mass is 16.4. The van der Waals surface area contributed by atoms with Crippen LogP contribution in [0, 0.1) is 6.92 Å². The highest BCUT2D eigenvalue weighted by Crippen LogP contribution is 2.24. The molecular formula is C15H22N4O. The van der Waals surface area contributed by atoms with Gasteiger partial charge in [-0.2, -0.15) is 0 Å². The molecule has 1 aromatic heterocycles. The first-order valence-electron chi connectivity index (χ1n) is 6.99. The van der Waals surface area contributed by atoms with E-state index in [0.29, 0.717) is 11.9 Å². The van der Waals surface area contributed by atoms with Gasteiger partial charge in [0.2, 0.25) is 5.89 Å². The van der Waals surface area contributed by atoms with Gasteiger partial charge >= 0.3 is 6.01 Å². The van der Waals surface area contributed by atoms with Crippen LogP contribution in [0.15, 0.2) is 28.7 Å². The van der Waals surface area contributed by atoms with Crippen LogP contribution in [-0.2, 0) is 0 Å². The van der Waals surface area contributed by atoms with E-state index in [4.69, 9.17) is 4.42 Å². The molecule has 5 heteroatoms. The Bertz CT molecular complexity index is 552. The van der Waals surface area contributed by atoms with Crippen molar-refractivity contribution in [1.29, 1.82) is 0 Å². The number of nitrogens with one attached hydrogen (secondary N) is 1. The minimum absolute atomic E-state index is 0.0714. The molecule has 0 saturated carbocycles. The monoisotopic (exact) mass is 274 g/mol. The van der Waals surface area contributed by atoms with Crippen molar-refractivity contribution < 1.29 is 4.42 Å². The molecule has 2 aromatic rings. The van der Waals surface area contributed by atoms with Gasteiger partial charge in [-0.05, 0) is 44.5 Å². The second kappa shape index (κ2) is 6.52. The lowest BCUT2D eigenvalue weighted by molar-refractivity contribution is 0.420. The molecule has 1 aromatic carbocycles. The molecule has 1 unspecified atom stereocenters. The SMILES string of the molecule is CCCNC(C)c1nnc(N(C)c2cccc(C)c2)o1. The molecule has 0 aliphatic heterocycles. The fourth-order valence-corrected chi connectivity index (χ4v) is 1.93. The van der Waals surface area contributed by atoms with E-state index in [0.717, 1.165) is 18.7 Å². The second-order valence-corrected chi connectivity index (χ2v) is 5.00. The lowest BCUT2D eigenvalue weighted by Gasteiger charge is -2.14. The summed E-state index contributed by atoms with van der Waals surface area (Å²) in [5, 5.41) is 11.6. The van der Waals surface area contributed by atoms with E-state index in [2.05, 4.69) is 41.5 Å². The Balaban J connectivity index is 2.12. The fourth-order valence-electron chi connectivity index (χ4n) is 1.93. The number of aryl methyl sites for hydroxylation is 1. The average molecular weight is 274 g/mol. The summed E-state index contributed by atoms with van der Waals surface area (Å²) in [7, 11) is 1.93. The summed E-state index contributed by atoms with van der Waals surface area (Å²) in [4.78, 5) is 1.90. The molecule has 2 rings (SSSR count). The summed E-state index contributed by atoms with van der Waals surface area (Å²) >= 11 is 0. The lowest BCUT2D eigenvalue weighted by Crippen LogP contribution is -2.19. The van der Waals surface area contributed by atoms with Gasteiger partial charge in [0.15, 0.2) is 0 Å². The highest BCUT2D eigenvalue weighted by molar-refractivity contribution is 5.55. The van der Waals surface area contributed by atoms with Crippen LogP contribution in [0.3, 0.4) is 0 Å². The summed E-state index contributed by atoms with van der Waals surface area (Å²) < 4.78 is 5.74. The van der Waals surface area contributed by atoms with Gasteiger partial charge in [0.25, 0.3) is 0 Å². The van der Waals surface area contributed by atoms with E-state index in [9.17, 15) is 0 Å². The van der Waals surface area contributed by atoms with Crippen molar-refractivity contribution in [3.63, 3.8) is 0 Å². The maximum atomic E-state index is 5.74. The first-order valence-corrected chi connectivity index (χ1v) is 6.99. The molecule has 0 spiro atoms. The van der Waals surface area contributed by atoms with E-state index in [-0.39, 0.29) is 6.04 Å². The molecule has 1 atom stereocenters. The van der Waals surface area contributed by atoms with Gasteiger partial charge in [0, 0.05) is 12.7 Å². The van der Waals surface area contributed by atoms with Crippen LogP contribution in [0.2, 0.25) is 0 Å². The van der Waals surface area contributed by atoms with E-state index < -0.39 is 0 Å². The highest BCUT2D eigenvalue weighted by Gasteiger charge is 2.16. The van der Waals surface area contributed by atoms with Crippen LogP contribution >= 0.6 is 0 Å². The van der Waals surface area contributed by atoms with Crippen molar-refractivity contribution in [1.82, 2.24) is 15.5 Å². The number of hydrogen-bond donors (Lipinski definition) is 1. The van der Waals surface area contributed by atoms with Crippen molar-refractivity contribution in [2.75, 3.05) is 18.5 Å². The lowest BCUT2D eigenvalue weighted by atomic mass is 10.2. The Kier molecular flexibility index (Phi) is 4.74. The summed E-state index contributed by atoms with van der Waals surface area (Å²) in [6, 6.07) is 8.77. The van der Waals surface area contributed by atoms with Gasteiger partial charge in [0.05, 0.1) is 6.04 Å². The van der Waals surface area contributed by atoms with Gasteiger partial charge in [-0.25, -0.2) is 0 Å². The van der Waals surface area contributed by atoms with Crippen molar-refractivity contribution in [3.8, 4) is 0 Å². The van der Waals surface area contributed by atoms with Crippen molar-refractivity contribution in [2.24, 2.45) is 0 Å². The first-order chi connectivity index (χ1) is 9.61. The number of aromatic nitrogens is 2. The van der Waals surface area contributed by atoms with Crippen LogP contribution in [0.4, 0.5) is 11.7 Å². The third-order valence-electron chi connectivity index (χ3n) is 3.18. The Morgan fingerprint density at radius 1 is 1.35 bits per heavy atom. The zero-order valence-electron chi connectivity index (χ0n) is 12.6. The molecule has 5 nitrogen and oxygen atoms in total. The maximum Gasteiger partial charge on any atom is 0.322 e. The van der Waals surface area contributed by atoms with Gasteiger partial charge in [-0.3, -0.25) is 4.90 Å². The molecule has 0 saturated heterocycles. The van der Waals surface area contributed by atoms with Gasteiger partial charge in [-0.1, -0.05) is 24.2 Å². The van der Waals surface area contributed by atoms with Gasteiger partial charge in [-0.15, -0.1) is 5.10 Å². The molecule has 0 amide bonds. The maximum absolute atomic E-state index is 5.74. The van der Waals surface area contributed by atoms with Crippen LogP contribution in [0.1, 0.15) is 37.8 Å². The topological polar surface area (TPSA) is 54.2 Å². The van der Waals surface area contributed by atoms with E-state index in [1.807, 2.05) is 31.0 Å². The van der Waals surface area contributed by atoms with Gasteiger partial charge in [0.1, 0.15) is 0 Å². The summed E-state index contributed by atoms with van der Waals surface area (Å²) in [5.41, 5.74) is 2.24. The number of hydrogen-bond acceptors (Lipinski definition) is 5. The number of benzene rings is 1. The summed E-state index contributed by atoms with van der Waals surface area (Å²) in [6.45, 7) is 7.16. The zero-order valence-corrected chi connectivity index (χ0v) is 12.6. The Labute approximate surface area is 120 Å². The average Bonchev–Trinajstić information content (AvgIpc) is 2.93. The fraction of sp³-hybridized carbons (Fsp3) is 0.467. The molecule has 20 heavy (non-hydrogen) atoms. The second-order valence-electron chi connectivity index (χ2n) is 5.00. The normalized spacial score (nSPS) is 12.4. The van der Waals surface area contributed by atoms with E-state index in [1.54, 1.807) is 0 Å². The number of anilines is 2. The predicted molar refractivity (Wildman–Crippen MR) is 80.2 cm³/mol. The van der Waals surface area contributed by atoms with Crippen molar-refractivity contribution >= 4 is 11.7 Å². The Morgan fingerprint density at radius 2 is 2.15 bits per heavy atom. The molecule has 0 fully saturated rings. The van der Waals surface area contributed by atoms with Crippen LogP contribution in [0.5, 0.6) is 0 Å². The molecule has 0 aliphatic rings. The molecule has 1 heterocycles. The van der Waals surface area contributed by atoms with Crippen molar-refractivity contribution in [3.05, 3.63) is 35.7 Å². The Hall–Kier alpha value is -1.88. The third kappa shape index (κ3) is 3.36. The van der Waals surface area contributed by atoms with E-state index in [1.165, 1.54) is 5.56 Å². The predicted octanol–water partition coefficient (Wildman–Crippen LogP) is 3.21. The molecule has 1 N–H and O–H groups in total. The van der Waals surface area contributed by atoms with Crippen LogP contribution < -0.4 is 10.2 Å². The molecule has 0 aliphatic carbocycles. The smallest absolute Gasteiger partial charge is 0.322 e. The number of rotatable bonds is 6. The third-order valence-corrected chi connectivity index (χ3v) is 3.18. The molecular weight excluding hydrogens is 252 g/mol. The molecule has 0 radical (unpaired) electrons. The zero-order chi connectivity index (χ0) is 14.5. The summed E-state index contributed by atoms with van der Waals surface area (Å²) in [5.74, 6) is 0.618. The van der Waals surface area contributed by atoms with Gasteiger partial charge < -0.3 is 9.73 Å². The minimum atomic E-state index is 0.0714. The standard InChI is InChI=1S/C15H22N4O/c1-5-9-16-12(3)14-17-18-15(20-14)19(4)13-8-6-7-11(2)10-13/h6-8,10,12,16H,5,9H2,1-4H3. The largest absolute Gasteiger partial charge is 0.406 e. The summed E-state index contributed by atoms with van der Waals surface area (Å²) in [6.07, 6.45) is 1.08. The van der Waals surface area contributed by atoms with Crippen molar-refractivity contribution in [2.45, 2.75) is 33.2 Å². The van der Waals surface area contributed by atoms with E-state index >= 15 is 0 Å². The quantitative estimate of drug-likeness (QED) is 0.876. The van der Waals surface area contributed by atoms with Crippen LogP contribution in [-0.4, -0.2) is 23.8 Å². The Morgan fingerprint density at radius 3 is 2.85 bits per heavy atom. The number of nitrogens with zero attached hydrogens (tertiary/aromatic N) is 3. The molecule has 0 bridgehead atoms. The van der Waals surface area contributed by atoms with Crippen LogP contribution in [0.25, 0.3) is 0 Å². The minimum Gasteiger partial charge on any atom is -0.406 e. The molecule has 108 valence electrons. The first kappa shape index (κ1) is 14.5.